The fourth-order valence-electron chi connectivity index (χ4n) is 2.49. The molecule has 3 rings (SSSR count). The van der Waals surface area contributed by atoms with Crippen LogP contribution in [0.3, 0.4) is 0 Å². The Morgan fingerprint density at radius 1 is 0.870 bits per heavy atom. The lowest BCUT2D eigenvalue weighted by molar-refractivity contribution is -0.115. The van der Waals surface area contributed by atoms with Gasteiger partial charge in [-0.05, 0) is 29.3 Å². The van der Waals surface area contributed by atoms with Crippen molar-refractivity contribution in [1.29, 1.82) is 0 Å². The van der Waals surface area contributed by atoms with Gasteiger partial charge in [0.25, 0.3) is 0 Å². The number of carbonyl (C=O) groups excluding carboxylic acids is 1. The summed E-state index contributed by atoms with van der Waals surface area (Å²) in [6, 6.07) is 23.6. The Balaban J connectivity index is 1.79. The molecule has 3 heteroatoms. The van der Waals surface area contributed by atoms with Crippen LogP contribution in [0.1, 0.15) is 5.56 Å². The molecule has 0 fully saturated rings. The van der Waals surface area contributed by atoms with E-state index in [4.69, 9.17) is 0 Å². The zero-order valence-corrected chi connectivity index (χ0v) is 12.5. The number of hydrogen-bond donors (Lipinski definition) is 1. The Bertz CT molecular complexity index is 815. The maximum Gasteiger partial charge on any atom is 0.228 e. The molecule has 114 valence electrons. The largest absolute Gasteiger partial charge is 0.325 e. The fourth-order valence-corrected chi connectivity index (χ4v) is 2.49. The summed E-state index contributed by atoms with van der Waals surface area (Å²) in [4.78, 5) is 12.2. The highest BCUT2D eigenvalue weighted by molar-refractivity contribution is 5.96. The van der Waals surface area contributed by atoms with E-state index in [2.05, 4.69) is 5.32 Å². The van der Waals surface area contributed by atoms with Gasteiger partial charge in [0.2, 0.25) is 5.91 Å². The van der Waals surface area contributed by atoms with E-state index in [1.807, 2.05) is 54.6 Å². The third kappa shape index (κ3) is 3.83. The molecule has 0 aliphatic rings. The van der Waals surface area contributed by atoms with Gasteiger partial charge < -0.3 is 5.32 Å². The topological polar surface area (TPSA) is 29.1 Å². The molecule has 2 nitrogen and oxygen atoms in total. The number of benzene rings is 3. The summed E-state index contributed by atoms with van der Waals surface area (Å²) in [5.74, 6) is -0.501. The summed E-state index contributed by atoms with van der Waals surface area (Å²) in [7, 11) is 0. The first-order valence-corrected chi connectivity index (χ1v) is 7.41. The molecule has 1 N–H and O–H groups in total. The molecule has 0 unspecified atom stereocenters. The van der Waals surface area contributed by atoms with Crippen LogP contribution in [0.2, 0.25) is 0 Å². The van der Waals surface area contributed by atoms with Gasteiger partial charge in [-0.1, -0.05) is 60.7 Å². The number of amides is 1. The molecule has 0 atom stereocenters. The van der Waals surface area contributed by atoms with Gasteiger partial charge in [0.1, 0.15) is 5.82 Å². The lowest BCUT2D eigenvalue weighted by Crippen LogP contribution is -2.15. The van der Waals surface area contributed by atoms with Gasteiger partial charge in [0, 0.05) is 11.3 Å². The van der Waals surface area contributed by atoms with Crippen molar-refractivity contribution in [3.8, 4) is 11.1 Å². The minimum absolute atomic E-state index is 0.140. The molecule has 1 amide bonds. The molecule has 0 saturated heterocycles. The highest BCUT2D eigenvalue weighted by Gasteiger charge is 2.09. The van der Waals surface area contributed by atoms with Crippen LogP contribution in [0.5, 0.6) is 0 Å². The molecule has 0 aliphatic carbocycles. The summed E-state index contributed by atoms with van der Waals surface area (Å²) in [5.41, 5.74) is 3.40. The van der Waals surface area contributed by atoms with Crippen LogP contribution in [-0.4, -0.2) is 5.91 Å². The molecule has 0 aromatic heterocycles. The Hall–Kier alpha value is -2.94. The lowest BCUT2D eigenvalue weighted by Gasteiger charge is -2.11. The van der Waals surface area contributed by atoms with Gasteiger partial charge in [-0.3, -0.25) is 4.79 Å². The van der Waals surface area contributed by atoms with Crippen LogP contribution in [-0.2, 0) is 11.2 Å². The van der Waals surface area contributed by atoms with Crippen molar-refractivity contribution in [3.05, 3.63) is 90.2 Å². The monoisotopic (exact) mass is 305 g/mol. The summed E-state index contributed by atoms with van der Waals surface area (Å²) in [6.45, 7) is 0. The number of halogens is 1. The van der Waals surface area contributed by atoms with Crippen LogP contribution in [0.15, 0.2) is 78.9 Å². The SMILES string of the molecule is O=C(Cc1cccc(F)c1)Nc1ccccc1-c1ccccc1. The Morgan fingerprint density at radius 2 is 1.61 bits per heavy atom. The van der Waals surface area contributed by atoms with Crippen molar-refractivity contribution in [1.82, 2.24) is 0 Å². The van der Waals surface area contributed by atoms with Crippen LogP contribution >= 0.6 is 0 Å². The summed E-state index contributed by atoms with van der Waals surface area (Å²) in [5, 5.41) is 2.92. The Morgan fingerprint density at radius 3 is 2.39 bits per heavy atom. The second kappa shape index (κ2) is 6.88. The average molecular weight is 305 g/mol. The predicted octanol–water partition coefficient (Wildman–Crippen LogP) is 4.67. The van der Waals surface area contributed by atoms with E-state index in [1.165, 1.54) is 12.1 Å². The van der Waals surface area contributed by atoms with Gasteiger partial charge in [-0.2, -0.15) is 0 Å². The molecular formula is C20H16FNO. The number of hydrogen-bond acceptors (Lipinski definition) is 1. The summed E-state index contributed by atoms with van der Waals surface area (Å²) >= 11 is 0. The molecular weight excluding hydrogens is 289 g/mol. The van der Waals surface area contributed by atoms with Crippen LogP contribution < -0.4 is 5.32 Å². The van der Waals surface area contributed by atoms with Crippen molar-refractivity contribution < 1.29 is 9.18 Å². The van der Waals surface area contributed by atoms with E-state index in [-0.39, 0.29) is 18.1 Å². The Labute approximate surface area is 134 Å². The van der Waals surface area contributed by atoms with Crippen molar-refractivity contribution >= 4 is 11.6 Å². The number of carbonyl (C=O) groups is 1. The Kier molecular flexibility index (Phi) is 4.48. The van der Waals surface area contributed by atoms with Gasteiger partial charge in [0.15, 0.2) is 0 Å². The van der Waals surface area contributed by atoms with E-state index < -0.39 is 0 Å². The molecule has 0 aliphatic heterocycles. The van der Waals surface area contributed by atoms with Gasteiger partial charge in [-0.15, -0.1) is 0 Å². The standard InChI is InChI=1S/C20H16FNO/c21-17-10-6-7-15(13-17)14-20(23)22-19-12-5-4-11-18(19)16-8-2-1-3-9-16/h1-13H,14H2,(H,22,23). The number of para-hydroxylation sites is 1. The molecule has 0 saturated carbocycles. The van der Waals surface area contributed by atoms with Gasteiger partial charge in [0.05, 0.1) is 6.42 Å². The van der Waals surface area contributed by atoms with Crippen LogP contribution in [0.4, 0.5) is 10.1 Å². The fraction of sp³-hybridized carbons (Fsp3) is 0.0500. The van der Waals surface area contributed by atoms with Crippen LogP contribution in [0.25, 0.3) is 11.1 Å². The zero-order chi connectivity index (χ0) is 16.1. The normalized spacial score (nSPS) is 10.3. The lowest BCUT2D eigenvalue weighted by atomic mass is 10.0. The molecule has 3 aromatic rings. The van der Waals surface area contributed by atoms with Gasteiger partial charge >= 0.3 is 0 Å². The van der Waals surface area contributed by atoms with Gasteiger partial charge in [-0.25, -0.2) is 4.39 Å². The number of rotatable bonds is 4. The smallest absolute Gasteiger partial charge is 0.228 e. The predicted molar refractivity (Wildman–Crippen MR) is 90.6 cm³/mol. The van der Waals surface area contributed by atoms with E-state index >= 15 is 0 Å². The summed E-state index contributed by atoms with van der Waals surface area (Å²) < 4.78 is 13.2. The second-order valence-electron chi connectivity index (χ2n) is 5.27. The van der Waals surface area contributed by atoms with E-state index in [0.717, 1.165) is 16.8 Å². The maximum atomic E-state index is 13.2. The first-order chi connectivity index (χ1) is 11.2. The summed E-state index contributed by atoms with van der Waals surface area (Å²) in [6.07, 6.45) is 0.140. The highest BCUT2D eigenvalue weighted by Crippen LogP contribution is 2.27. The van der Waals surface area contributed by atoms with Crippen molar-refractivity contribution in [2.24, 2.45) is 0 Å². The first-order valence-electron chi connectivity index (χ1n) is 7.41. The minimum atomic E-state index is -0.333. The quantitative estimate of drug-likeness (QED) is 0.745. The number of anilines is 1. The van der Waals surface area contributed by atoms with E-state index in [1.54, 1.807) is 12.1 Å². The molecule has 3 aromatic carbocycles. The van der Waals surface area contributed by atoms with Crippen molar-refractivity contribution in [2.75, 3.05) is 5.32 Å². The maximum absolute atomic E-state index is 13.2. The van der Waals surface area contributed by atoms with E-state index in [0.29, 0.717) is 5.56 Å². The average Bonchev–Trinajstić information content (AvgIpc) is 2.56. The zero-order valence-electron chi connectivity index (χ0n) is 12.5. The molecule has 0 radical (unpaired) electrons. The van der Waals surface area contributed by atoms with Crippen molar-refractivity contribution in [3.63, 3.8) is 0 Å². The highest BCUT2D eigenvalue weighted by atomic mass is 19.1. The third-order valence-electron chi connectivity index (χ3n) is 3.54. The second-order valence-corrected chi connectivity index (χ2v) is 5.27. The molecule has 23 heavy (non-hydrogen) atoms. The third-order valence-corrected chi connectivity index (χ3v) is 3.54. The van der Waals surface area contributed by atoms with Crippen LogP contribution in [0, 0.1) is 5.82 Å². The first kappa shape index (κ1) is 15.0. The minimum Gasteiger partial charge on any atom is -0.325 e. The van der Waals surface area contributed by atoms with Crippen molar-refractivity contribution in [2.45, 2.75) is 6.42 Å². The van der Waals surface area contributed by atoms with E-state index in [9.17, 15) is 9.18 Å². The molecule has 0 spiro atoms. The molecule has 0 heterocycles. The number of nitrogens with one attached hydrogen (secondary N) is 1. The molecule has 0 bridgehead atoms.